The van der Waals surface area contributed by atoms with Crippen LogP contribution in [0.15, 0.2) is 114 Å². The molecule has 0 bridgehead atoms. The normalized spacial score (nSPS) is 15.9. The molecule has 1 aliphatic heterocycles. The first-order valence-corrected chi connectivity index (χ1v) is 15.5. The Labute approximate surface area is 262 Å². The number of carbonyl (C=O) groups is 2. The molecule has 1 fully saturated rings. The number of anilines is 1. The fourth-order valence-corrected chi connectivity index (χ4v) is 6.97. The third-order valence-corrected chi connectivity index (χ3v) is 9.29. The molecule has 5 aromatic rings. The van der Waals surface area contributed by atoms with Crippen molar-refractivity contribution in [2.24, 2.45) is 0 Å². The zero-order valence-corrected chi connectivity index (χ0v) is 25.3. The maximum absolute atomic E-state index is 13.6. The first-order valence-electron chi connectivity index (χ1n) is 13.7. The van der Waals surface area contributed by atoms with E-state index in [9.17, 15) is 14.7 Å². The Balaban J connectivity index is 1.38. The van der Waals surface area contributed by atoms with Crippen LogP contribution in [0.3, 0.4) is 0 Å². The van der Waals surface area contributed by atoms with Crippen LogP contribution in [-0.2, 0) is 15.3 Å². The molecule has 1 amide bonds. The predicted octanol–water partition coefficient (Wildman–Crippen LogP) is 7.18. The van der Waals surface area contributed by atoms with Gasteiger partial charge >= 0.3 is 5.91 Å². The highest BCUT2D eigenvalue weighted by molar-refractivity contribution is 8.00. The molecule has 1 unspecified atom stereocenters. The molecule has 220 valence electrons. The lowest BCUT2D eigenvalue weighted by Crippen LogP contribution is -2.29. The number of aliphatic hydroxyl groups is 1. The third kappa shape index (κ3) is 5.69. The molecule has 1 N–H and O–H groups in total. The number of aliphatic hydroxyl groups excluding tert-OH is 1. The van der Waals surface area contributed by atoms with E-state index >= 15 is 0 Å². The average Bonchev–Trinajstić information content (AvgIpc) is 3.64. The largest absolute Gasteiger partial charge is 0.507 e. The quantitative estimate of drug-likeness (QED) is 0.0437. The van der Waals surface area contributed by atoms with E-state index in [2.05, 4.69) is 41.0 Å². The van der Waals surface area contributed by atoms with Crippen LogP contribution in [0.1, 0.15) is 22.7 Å². The summed E-state index contributed by atoms with van der Waals surface area (Å²) in [5.74, 6) is -0.150. The maximum Gasteiger partial charge on any atom is 0.301 e. The van der Waals surface area contributed by atoms with Crippen LogP contribution in [0.4, 0.5) is 5.13 Å². The van der Waals surface area contributed by atoms with E-state index in [0.717, 1.165) is 16.3 Å². The molecule has 0 aliphatic carbocycles. The smallest absolute Gasteiger partial charge is 0.301 e. The fraction of sp³-hybridized carbons (Fsp3) is 0.118. The molecular weight excluding hydrogens is 595 g/mol. The Morgan fingerprint density at radius 1 is 1.00 bits per heavy atom. The third-order valence-electron chi connectivity index (χ3n) is 7.18. The van der Waals surface area contributed by atoms with Gasteiger partial charge in [0.2, 0.25) is 5.13 Å². The van der Waals surface area contributed by atoms with E-state index in [-0.39, 0.29) is 23.1 Å². The van der Waals surface area contributed by atoms with Crippen molar-refractivity contribution in [1.82, 2.24) is 10.2 Å². The lowest BCUT2D eigenvalue weighted by molar-refractivity contribution is -0.132. The molecule has 6 rings (SSSR count). The molecule has 8 nitrogen and oxygen atoms in total. The number of rotatable bonds is 10. The molecular formula is C34H27N3O5S2. The van der Waals surface area contributed by atoms with Gasteiger partial charge in [0.25, 0.3) is 5.78 Å². The van der Waals surface area contributed by atoms with Gasteiger partial charge in [0.1, 0.15) is 23.9 Å². The van der Waals surface area contributed by atoms with E-state index in [0.29, 0.717) is 32.7 Å². The molecule has 10 heteroatoms. The maximum atomic E-state index is 13.6. The molecule has 0 radical (unpaired) electrons. The van der Waals surface area contributed by atoms with Crippen LogP contribution in [0.5, 0.6) is 11.5 Å². The van der Waals surface area contributed by atoms with E-state index in [1.165, 1.54) is 28.0 Å². The minimum Gasteiger partial charge on any atom is -0.507 e. The summed E-state index contributed by atoms with van der Waals surface area (Å²) in [5, 5.41) is 22.7. The topological polar surface area (TPSA) is 102 Å². The number of Topliss-reactive ketones (excluding diaryl/α,β-unsaturated/α-hetero) is 1. The number of benzene rings is 4. The number of amides is 1. The number of methoxy groups -OCH3 is 1. The number of ether oxygens (including phenoxy) is 2. The van der Waals surface area contributed by atoms with Crippen molar-refractivity contribution < 1.29 is 24.2 Å². The minimum atomic E-state index is -0.965. The van der Waals surface area contributed by atoms with Crippen molar-refractivity contribution in [3.05, 3.63) is 126 Å². The van der Waals surface area contributed by atoms with Crippen LogP contribution in [-0.4, -0.2) is 40.7 Å². The van der Waals surface area contributed by atoms with Crippen LogP contribution in [0.25, 0.3) is 16.5 Å². The number of carbonyl (C=O) groups excluding carboxylic acids is 2. The van der Waals surface area contributed by atoms with E-state index < -0.39 is 17.7 Å². The van der Waals surface area contributed by atoms with Gasteiger partial charge in [-0.15, -0.1) is 10.2 Å². The van der Waals surface area contributed by atoms with Gasteiger partial charge in [0, 0.05) is 11.3 Å². The summed E-state index contributed by atoms with van der Waals surface area (Å²) in [7, 11) is 1.54. The van der Waals surface area contributed by atoms with E-state index in [1.54, 1.807) is 61.7 Å². The zero-order chi connectivity index (χ0) is 30.6. The fourth-order valence-electron chi connectivity index (χ4n) is 5.10. The number of hydrogen-bond acceptors (Lipinski definition) is 9. The summed E-state index contributed by atoms with van der Waals surface area (Å²) in [6.07, 6.45) is 1.63. The van der Waals surface area contributed by atoms with Crippen molar-refractivity contribution in [3.8, 4) is 11.5 Å². The van der Waals surface area contributed by atoms with Gasteiger partial charge in [-0.05, 0) is 58.3 Å². The second-order valence-electron chi connectivity index (χ2n) is 9.85. The van der Waals surface area contributed by atoms with Crippen LogP contribution in [0, 0.1) is 0 Å². The predicted molar refractivity (Wildman–Crippen MR) is 173 cm³/mol. The van der Waals surface area contributed by atoms with Crippen molar-refractivity contribution >= 4 is 56.5 Å². The molecule has 1 atom stereocenters. The van der Waals surface area contributed by atoms with Crippen molar-refractivity contribution in [3.63, 3.8) is 0 Å². The summed E-state index contributed by atoms with van der Waals surface area (Å²) >= 11 is 2.73. The summed E-state index contributed by atoms with van der Waals surface area (Å²) in [4.78, 5) is 28.5. The molecule has 1 aliphatic rings. The Morgan fingerprint density at radius 3 is 2.57 bits per heavy atom. The van der Waals surface area contributed by atoms with Crippen molar-refractivity contribution in [1.29, 1.82) is 0 Å². The number of fused-ring (bicyclic) bond motifs is 1. The van der Waals surface area contributed by atoms with Gasteiger partial charge in [0.15, 0.2) is 4.34 Å². The molecule has 1 aromatic heterocycles. The molecule has 2 heterocycles. The first kappa shape index (κ1) is 29.2. The van der Waals surface area contributed by atoms with Crippen molar-refractivity contribution in [2.75, 3.05) is 18.6 Å². The van der Waals surface area contributed by atoms with E-state index in [1.807, 2.05) is 18.2 Å². The van der Waals surface area contributed by atoms with Gasteiger partial charge in [-0.2, -0.15) is 0 Å². The standard InChI is InChI=1S/C34H27N3O5S2/c1-3-18-42-26-12-7-10-23(19-26)29-28(30(38)22-14-16-25(41-2)17-15-22)31(39)32(40)37(29)33-35-36-34(44-33)43-20-24-11-6-9-21-8-4-5-13-27(21)24/h3-17,19,29,38H,1,18,20H2,2H3/b30-28+. The molecule has 0 spiro atoms. The number of nitrogens with zero attached hydrogens (tertiary/aromatic N) is 3. The number of thioether (sulfide) groups is 1. The minimum absolute atomic E-state index is 0.0544. The van der Waals surface area contributed by atoms with Gasteiger partial charge in [-0.3, -0.25) is 14.5 Å². The lowest BCUT2D eigenvalue weighted by Gasteiger charge is -2.23. The monoisotopic (exact) mass is 621 g/mol. The highest BCUT2D eigenvalue weighted by Gasteiger charge is 2.48. The molecule has 0 saturated carbocycles. The van der Waals surface area contributed by atoms with Crippen LogP contribution in [0.2, 0.25) is 0 Å². The first-order chi connectivity index (χ1) is 21.5. The summed E-state index contributed by atoms with van der Waals surface area (Å²) in [6, 6.07) is 27.1. The second kappa shape index (κ2) is 12.7. The lowest BCUT2D eigenvalue weighted by atomic mass is 9.95. The van der Waals surface area contributed by atoms with E-state index in [4.69, 9.17) is 9.47 Å². The second-order valence-corrected chi connectivity index (χ2v) is 12.0. The van der Waals surface area contributed by atoms with Crippen molar-refractivity contribution in [2.45, 2.75) is 16.1 Å². The van der Waals surface area contributed by atoms with Gasteiger partial charge in [-0.1, -0.05) is 90.4 Å². The highest BCUT2D eigenvalue weighted by atomic mass is 32.2. The van der Waals surface area contributed by atoms with Gasteiger partial charge in [0.05, 0.1) is 18.7 Å². The number of hydrogen-bond donors (Lipinski definition) is 1. The Morgan fingerprint density at radius 2 is 1.77 bits per heavy atom. The Kier molecular flexibility index (Phi) is 8.44. The van der Waals surface area contributed by atoms with Gasteiger partial charge in [-0.25, -0.2) is 0 Å². The van der Waals surface area contributed by atoms with Gasteiger partial charge < -0.3 is 14.6 Å². The summed E-state index contributed by atoms with van der Waals surface area (Å²) in [6.45, 7) is 3.97. The molecule has 44 heavy (non-hydrogen) atoms. The summed E-state index contributed by atoms with van der Waals surface area (Å²) < 4.78 is 11.6. The Hall–Kier alpha value is -4.93. The molecule has 1 saturated heterocycles. The SMILES string of the molecule is C=CCOc1cccc(C2/C(=C(\O)c3ccc(OC)cc3)C(=O)C(=O)N2c2nnc(SCc3cccc4ccccc34)s2)c1. The number of aromatic nitrogens is 2. The Bertz CT molecular complexity index is 1900. The summed E-state index contributed by atoms with van der Waals surface area (Å²) in [5.41, 5.74) is 2.04. The highest BCUT2D eigenvalue weighted by Crippen LogP contribution is 2.45. The van der Waals surface area contributed by atoms with Crippen LogP contribution < -0.4 is 14.4 Å². The average molecular weight is 622 g/mol. The van der Waals surface area contributed by atoms with Crippen LogP contribution >= 0.6 is 23.1 Å². The molecule has 4 aromatic carbocycles. The zero-order valence-electron chi connectivity index (χ0n) is 23.7. The number of ketones is 1.